The van der Waals surface area contributed by atoms with Crippen LogP contribution in [-0.2, 0) is 0 Å². The third-order valence-corrected chi connectivity index (χ3v) is 1.71. The van der Waals surface area contributed by atoms with Crippen LogP contribution in [0.15, 0.2) is 6.07 Å². The maximum absolute atomic E-state index is 9.65. The highest BCUT2D eigenvalue weighted by molar-refractivity contribution is 5.58. The van der Waals surface area contributed by atoms with Crippen molar-refractivity contribution in [1.29, 1.82) is 0 Å². The molecule has 1 aromatic heterocycles. The molecule has 13 heavy (non-hydrogen) atoms. The topological polar surface area (TPSA) is 45.6 Å². The van der Waals surface area contributed by atoms with E-state index in [0.29, 0.717) is 11.6 Å². The summed E-state index contributed by atoms with van der Waals surface area (Å²) in [6, 6.07) is 1.70. The molecule has 0 saturated heterocycles. The highest BCUT2D eigenvalue weighted by Crippen LogP contribution is 2.34. The molecule has 0 atom stereocenters. The number of aromatic nitrogens is 1. The predicted molar refractivity (Wildman–Crippen MR) is 51.5 cm³/mol. The Morgan fingerprint density at radius 1 is 1.46 bits per heavy atom. The van der Waals surface area contributed by atoms with Crippen molar-refractivity contribution in [3.63, 3.8) is 0 Å². The Morgan fingerprint density at radius 2 is 2.08 bits per heavy atom. The Hall–Kier alpha value is -1.45. The number of rotatable bonds is 2. The van der Waals surface area contributed by atoms with Gasteiger partial charge in [-0.1, -0.05) is 0 Å². The SMILES string of the molecule is COc1cc(C)nc(N(C)C)c1O. The van der Waals surface area contributed by atoms with E-state index in [-0.39, 0.29) is 5.75 Å². The van der Waals surface area contributed by atoms with Crippen molar-refractivity contribution in [2.45, 2.75) is 6.92 Å². The fourth-order valence-electron chi connectivity index (χ4n) is 1.09. The molecule has 0 radical (unpaired) electrons. The lowest BCUT2D eigenvalue weighted by atomic mass is 10.3. The van der Waals surface area contributed by atoms with E-state index >= 15 is 0 Å². The standard InChI is InChI=1S/C9H14N2O2/c1-6-5-7(13-4)8(12)9(10-6)11(2)3/h5,12H,1-4H3. The largest absolute Gasteiger partial charge is 0.502 e. The number of nitrogens with zero attached hydrogens (tertiary/aromatic N) is 2. The first-order chi connectivity index (χ1) is 6.06. The number of aryl methyl sites for hydroxylation is 1. The Morgan fingerprint density at radius 3 is 2.54 bits per heavy atom. The molecule has 1 N–H and O–H groups in total. The van der Waals surface area contributed by atoms with Crippen molar-refractivity contribution < 1.29 is 9.84 Å². The number of aromatic hydroxyl groups is 1. The van der Waals surface area contributed by atoms with Crippen molar-refractivity contribution in [1.82, 2.24) is 4.98 Å². The van der Waals surface area contributed by atoms with Crippen LogP contribution in [0.5, 0.6) is 11.5 Å². The van der Waals surface area contributed by atoms with Gasteiger partial charge in [0.2, 0.25) is 5.75 Å². The molecular weight excluding hydrogens is 168 g/mol. The molecule has 0 aromatic carbocycles. The zero-order chi connectivity index (χ0) is 10.0. The van der Waals surface area contributed by atoms with Gasteiger partial charge in [-0.2, -0.15) is 0 Å². The predicted octanol–water partition coefficient (Wildman–Crippen LogP) is 1.17. The average Bonchev–Trinajstić information content (AvgIpc) is 2.08. The van der Waals surface area contributed by atoms with E-state index in [2.05, 4.69) is 4.98 Å². The Bertz CT molecular complexity index is 311. The Balaban J connectivity index is 3.27. The summed E-state index contributed by atoms with van der Waals surface area (Å²) in [6.07, 6.45) is 0. The van der Waals surface area contributed by atoms with Crippen molar-refractivity contribution >= 4 is 5.82 Å². The zero-order valence-electron chi connectivity index (χ0n) is 8.33. The minimum atomic E-state index is 0.0816. The van der Waals surface area contributed by atoms with Crippen LogP contribution in [0.1, 0.15) is 5.69 Å². The zero-order valence-corrected chi connectivity index (χ0v) is 8.33. The Labute approximate surface area is 77.8 Å². The van der Waals surface area contributed by atoms with Crippen LogP contribution in [0.2, 0.25) is 0 Å². The summed E-state index contributed by atoms with van der Waals surface area (Å²) in [7, 11) is 5.16. The second-order valence-corrected chi connectivity index (χ2v) is 3.03. The molecule has 72 valence electrons. The average molecular weight is 182 g/mol. The molecule has 0 bridgehead atoms. The second-order valence-electron chi connectivity index (χ2n) is 3.03. The maximum atomic E-state index is 9.65. The number of anilines is 1. The summed E-state index contributed by atoms with van der Waals surface area (Å²) < 4.78 is 5.00. The van der Waals surface area contributed by atoms with Crippen LogP contribution in [-0.4, -0.2) is 31.3 Å². The van der Waals surface area contributed by atoms with Gasteiger partial charge in [-0.15, -0.1) is 0 Å². The van der Waals surface area contributed by atoms with Gasteiger partial charge in [0.15, 0.2) is 11.6 Å². The first kappa shape index (κ1) is 9.64. The van der Waals surface area contributed by atoms with Gasteiger partial charge < -0.3 is 14.7 Å². The van der Waals surface area contributed by atoms with Gasteiger partial charge in [-0.05, 0) is 6.92 Å². The molecule has 0 unspecified atom stereocenters. The lowest BCUT2D eigenvalue weighted by molar-refractivity contribution is 0.372. The molecule has 0 aliphatic rings. The van der Waals surface area contributed by atoms with E-state index < -0.39 is 0 Å². The van der Waals surface area contributed by atoms with Crippen LogP contribution in [0, 0.1) is 6.92 Å². The molecule has 1 heterocycles. The van der Waals surface area contributed by atoms with Crippen molar-refractivity contribution in [3.05, 3.63) is 11.8 Å². The summed E-state index contributed by atoms with van der Waals surface area (Å²) in [4.78, 5) is 5.92. The summed E-state index contributed by atoms with van der Waals surface area (Å²) >= 11 is 0. The van der Waals surface area contributed by atoms with E-state index in [1.165, 1.54) is 7.11 Å². The number of hydrogen-bond acceptors (Lipinski definition) is 4. The molecule has 0 spiro atoms. The highest BCUT2D eigenvalue weighted by Gasteiger charge is 2.11. The second kappa shape index (κ2) is 3.51. The van der Waals surface area contributed by atoms with Crippen LogP contribution in [0.4, 0.5) is 5.82 Å². The summed E-state index contributed by atoms with van der Waals surface area (Å²) in [6.45, 7) is 1.86. The lowest BCUT2D eigenvalue weighted by Crippen LogP contribution is -2.11. The highest BCUT2D eigenvalue weighted by atomic mass is 16.5. The summed E-state index contributed by atoms with van der Waals surface area (Å²) in [5.41, 5.74) is 0.818. The molecule has 0 aliphatic heterocycles. The van der Waals surface area contributed by atoms with E-state index in [9.17, 15) is 5.11 Å². The van der Waals surface area contributed by atoms with Crippen LogP contribution < -0.4 is 9.64 Å². The summed E-state index contributed by atoms with van der Waals surface area (Å²) in [5.74, 6) is 1.06. The van der Waals surface area contributed by atoms with Crippen LogP contribution >= 0.6 is 0 Å². The first-order valence-electron chi connectivity index (χ1n) is 3.98. The molecule has 0 fully saturated rings. The minimum Gasteiger partial charge on any atom is -0.502 e. The molecule has 4 nitrogen and oxygen atoms in total. The first-order valence-corrected chi connectivity index (χ1v) is 3.98. The van der Waals surface area contributed by atoms with Gasteiger partial charge in [-0.25, -0.2) is 4.98 Å². The Kier molecular flexibility index (Phi) is 2.60. The third kappa shape index (κ3) is 1.83. The monoisotopic (exact) mass is 182 g/mol. The summed E-state index contributed by atoms with van der Waals surface area (Å²) in [5, 5.41) is 9.65. The van der Waals surface area contributed by atoms with Crippen LogP contribution in [0.3, 0.4) is 0 Å². The maximum Gasteiger partial charge on any atom is 0.201 e. The van der Waals surface area contributed by atoms with Gasteiger partial charge in [-0.3, -0.25) is 0 Å². The van der Waals surface area contributed by atoms with E-state index in [1.807, 2.05) is 21.0 Å². The van der Waals surface area contributed by atoms with Gasteiger partial charge in [0.25, 0.3) is 0 Å². The van der Waals surface area contributed by atoms with E-state index in [0.717, 1.165) is 5.69 Å². The lowest BCUT2D eigenvalue weighted by Gasteiger charge is -2.15. The molecule has 0 amide bonds. The normalized spacial score (nSPS) is 9.85. The fourth-order valence-corrected chi connectivity index (χ4v) is 1.09. The minimum absolute atomic E-state index is 0.0816. The van der Waals surface area contributed by atoms with Crippen molar-refractivity contribution in [2.75, 3.05) is 26.1 Å². The molecule has 1 rings (SSSR count). The molecular formula is C9H14N2O2. The van der Waals surface area contributed by atoms with Crippen molar-refractivity contribution in [2.24, 2.45) is 0 Å². The van der Waals surface area contributed by atoms with E-state index in [1.54, 1.807) is 11.0 Å². The third-order valence-electron chi connectivity index (χ3n) is 1.71. The number of hydrogen-bond donors (Lipinski definition) is 1. The van der Waals surface area contributed by atoms with Gasteiger partial charge in [0, 0.05) is 25.9 Å². The van der Waals surface area contributed by atoms with Crippen LogP contribution in [0.25, 0.3) is 0 Å². The van der Waals surface area contributed by atoms with Crippen molar-refractivity contribution in [3.8, 4) is 11.5 Å². The number of pyridine rings is 1. The number of methoxy groups -OCH3 is 1. The van der Waals surface area contributed by atoms with Gasteiger partial charge in [0.1, 0.15) is 0 Å². The van der Waals surface area contributed by atoms with E-state index in [4.69, 9.17) is 4.74 Å². The quantitative estimate of drug-likeness (QED) is 0.745. The number of ether oxygens (including phenoxy) is 1. The molecule has 0 aliphatic carbocycles. The fraction of sp³-hybridized carbons (Fsp3) is 0.444. The molecule has 0 saturated carbocycles. The van der Waals surface area contributed by atoms with Gasteiger partial charge in [0.05, 0.1) is 7.11 Å². The molecule has 4 heteroatoms. The smallest absolute Gasteiger partial charge is 0.201 e. The van der Waals surface area contributed by atoms with Gasteiger partial charge >= 0.3 is 0 Å². The molecule has 1 aromatic rings.